The van der Waals surface area contributed by atoms with Crippen LogP contribution in [-0.2, 0) is 4.79 Å². The van der Waals surface area contributed by atoms with Crippen LogP contribution in [0.5, 0.6) is 0 Å². The minimum absolute atomic E-state index is 0.0130. The molecular weight excluding hydrogens is 252 g/mol. The normalized spacial score (nSPS) is 19.9. The van der Waals surface area contributed by atoms with Gasteiger partial charge < -0.3 is 15.5 Å². The fourth-order valence-electron chi connectivity index (χ4n) is 2.75. The first-order chi connectivity index (χ1) is 9.42. The van der Waals surface area contributed by atoms with Crippen LogP contribution < -0.4 is 10.6 Å². The lowest BCUT2D eigenvalue weighted by Crippen LogP contribution is -2.45. The Labute approximate surface area is 123 Å². The van der Waals surface area contributed by atoms with Crippen molar-refractivity contribution in [3.8, 4) is 0 Å². The number of nitrogens with zero attached hydrogens (tertiary/aromatic N) is 2. The lowest BCUT2D eigenvalue weighted by Gasteiger charge is -2.22. The zero-order valence-electron chi connectivity index (χ0n) is 13.6. The molecule has 5 nitrogen and oxygen atoms in total. The molecule has 20 heavy (non-hydrogen) atoms. The van der Waals surface area contributed by atoms with Crippen LogP contribution in [0.4, 0.5) is 0 Å². The Morgan fingerprint density at radius 2 is 2.05 bits per heavy atom. The molecule has 5 heteroatoms. The summed E-state index contributed by atoms with van der Waals surface area (Å²) in [4.78, 5) is 18.2. The number of hydrogen-bond acceptors (Lipinski definition) is 2. The molecule has 1 aliphatic heterocycles. The molecule has 0 spiro atoms. The van der Waals surface area contributed by atoms with Crippen molar-refractivity contribution in [3.63, 3.8) is 0 Å². The van der Waals surface area contributed by atoms with Crippen LogP contribution >= 0.6 is 0 Å². The Balaban J connectivity index is 2.39. The molecule has 1 unspecified atom stereocenters. The Morgan fingerprint density at radius 1 is 1.35 bits per heavy atom. The monoisotopic (exact) mass is 282 g/mol. The van der Waals surface area contributed by atoms with Crippen molar-refractivity contribution < 1.29 is 4.79 Å². The van der Waals surface area contributed by atoms with Crippen molar-refractivity contribution in [1.29, 1.82) is 0 Å². The topological polar surface area (TPSA) is 56.7 Å². The molecule has 0 aromatic carbocycles. The van der Waals surface area contributed by atoms with Gasteiger partial charge in [0.1, 0.15) is 0 Å². The van der Waals surface area contributed by atoms with Gasteiger partial charge in [-0.15, -0.1) is 0 Å². The minimum atomic E-state index is 0.0130. The lowest BCUT2D eigenvalue weighted by atomic mass is 9.97. The molecule has 0 radical (unpaired) electrons. The SMILES string of the molecule is CN=C(NCC(=O)NC(C)C)N1CCC(CC(C)C)C1. The summed E-state index contributed by atoms with van der Waals surface area (Å²) in [5, 5.41) is 6.03. The van der Waals surface area contributed by atoms with Crippen molar-refractivity contribution in [2.45, 2.75) is 46.6 Å². The Hall–Kier alpha value is -1.26. The standard InChI is InChI=1S/C15H30N4O/c1-11(2)8-13-6-7-19(10-13)15(16-5)17-9-14(20)18-12(3)4/h11-13H,6-10H2,1-5H3,(H,16,17)(H,18,20). The summed E-state index contributed by atoms with van der Waals surface area (Å²) in [6.45, 7) is 10.8. The highest BCUT2D eigenvalue weighted by Crippen LogP contribution is 2.23. The van der Waals surface area contributed by atoms with Gasteiger partial charge in [0.15, 0.2) is 5.96 Å². The molecule has 1 fully saturated rings. The zero-order chi connectivity index (χ0) is 15.1. The third-order valence-corrected chi connectivity index (χ3v) is 3.46. The van der Waals surface area contributed by atoms with Gasteiger partial charge in [0.2, 0.25) is 5.91 Å². The van der Waals surface area contributed by atoms with Crippen LogP contribution in [0.2, 0.25) is 0 Å². The number of likely N-dealkylation sites (tertiary alicyclic amines) is 1. The summed E-state index contributed by atoms with van der Waals surface area (Å²) < 4.78 is 0. The van der Waals surface area contributed by atoms with Crippen LogP contribution in [0.3, 0.4) is 0 Å². The summed E-state index contributed by atoms with van der Waals surface area (Å²) in [7, 11) is 1.78. The summed E-state index contributed by atoms with van der Waals surface area (Å²) in [5.41, 5.74) is 0. The maximum Gasteiger partial charge on any atom is 0.239 e. The van der Waals surface area contributed by atoms with Crippen molar-refractivity contribution in [2.75, 3.05) is 26.7 Å². The minimum Gasteiger partial charge on any atom is -0.352 e. The van der Waals surface area contributed by atoms with Crippen LogP contribution in [0.1, 0.15) is 40.5 Å². The van der Waals surface area contributed by atoms with Crippen LogP contribution in [-0.4, -0.2) is 49.5 Å². The number of hydrogen-bond donors (Lipinski definition) is 2. The molecule has 1 heterocycles. The molecule has 2 N–H and O–H groups in total. The molecular formula is C15H30N4O. The second kappa shape index (κ2) is 8.12. The molecule has 1 aliphatic rings. The van der Waals surface area contributed by atoms with Crippen molar-refractivity contribution in [1.82, 2.24) is 15.5 Å². The van der Waals surface area contributed by atoms with Crippen LogP contribution in [0, 0.1) is 11.8 Å². The van der Waals surface area contributed by atoms with Gasteiger partial charge in [-0.1, -0.05) is 13.8 Å². The number of rotatable bonds is 5. The number of nitrogens with one attached hydrogen (secondary N) is 2. The Bertz CT molecular complexity index is 339. The predicted octanol–water partition coefficient (Wildman–Crippen LogP) is 1.45. The first-order valence-corrected chi connectivity index (χ1v) is 7.67. The number of amides is 1. The number of guanidine groups is 1. The average Bonchev–Trinajstić information content (AvgIpc) is 2.76. The van der Waals surface area contributed by atoms with Gasteiger partial charge in [0.25, 0.3) is 0 Å². The van der Waals surface area contributed by atoms with Crippen molar-refractivity contribution >= 4 is 11.9 Å². The summed E-state index contributed by atoms with van der Waals surface area (Å²) in [6.07, 6.45) is 2.48. The van der Waals surface area contributed by atoms with E-state index in [1.54, 1.807) is 7.05 Å². The Kier molecular flexibility index (Phi) is 6.82. The maximum absolute atomic E-state index is 11.7. The van der Waals surface area contributed by atoms with E-state index in [4.69, 9.17) is 0 Å². The first-order valence-electron chi connectivity index (χ1n) is 7.67. The molecule has 0 aliphatic carbocycles. The smallest absolute Gasteiger partial charge is 0.239 e. The first kappa shape index (κ1) is 16.8. The molecule has 1 saturated heterocycles. The van der Waals surface area contributed by atoms with E-state index in [1.165, 1.54) is 12.8 Å². The van der Waals surface area contributed by atoms with Gasteiger partial charge in [-0.25, -0.2) is 0 Å². The molecule has 1 atom stereocenters. The van der Waals surface area contributed by atoms with Gasteiger partial charge in [-0.2, -0.15) is 0 Å². The zero-order valence-corrected chi connectivity index (χ0v) is 13.6. The molecule has 0 aromatic heterocycles. The van der Waals surface area contributed by atoms with Crippen LogP contribution in [0.25, 0.3) is 0 Å². The van der Waals surface area contributed by atoms with Crippen molar-refractivity contribution in [2.24, 2.45) is 16.8 Å². The average molecular weight is 282 g/mol. The van der Waals surface area contributed by atoms with Crippen molar-refractivity contribution in [3.05, 3.63) is 0 Å². The number of carbonyl (C=O) groups is 1. The van der Waals surface area contributed by atoms with Gasteiger partial charge in [-0.05, 0) is 38.5 Å². The van der Waals surface area contributed by atoms with E-state index in [9.17, 15) is 4.79 Å². The molecule has 1 amide bonds. The molecule has 0 bridgehead atoms. The second-order valence-corrected chi connectivity index (χ2v) is 6.35. The van der Waals surface area contributed by atoms with E-state index in [2.05, 4.69) is 34.4 Å². The highest BCUT2D eigenvalue weighted by Gasteiger charge is 2.25. The van der Waals surface area contributed by atoms with Gasteiger partial charge in [0, 0.05) is 26.2 Å². The van der Waals surface area contributed by atoms with E-state index >= 15 is 0 Å². The van der Waals surface area contributed by atoms with Gasteiger partial charge in [0.05, 0.1) is 6.54 Å². The van der Waals surface area contributed by atoms with Gasteiger partial charge in [-0.3, -0.25) is 9.79 Å². The quantitative estimate of drug-likeness (QED) is 0.593. The summed E-state index contributed by atoms with van der Waals surface area (Å²) in [5.74, 6) is 2.35. The second-order valence-electron chi connectivity index (χ2n) is 6.35. The summed E-state index contributed by atoms with van der Waals surface area (Å²) >= 11 is 0. The van der Waals surface area contributed by atoms with E-state index in [-0.39, 0.29) is 18.5 Å². The lowest BCUT2D eigenvalue weighted by molar-refractivity contribution is -0.120. The van der Waals surface area contributed by atoms with E-state index in [0.717, 1.165) is 30.9 Å². The maximum atomic E-state index is 11.7. The largest absolute Gasteiger partial charge is 0.352 e. The third-order valence-electron chi connectivity index (χ3n) is 3.46. The Morgan fingerprint density at radius 3 is 2.60 bits per heavy atom. The third kappa shape index (κ3) is 5.80. The van der Waals surface area contributed by atoms with Crippen LogP contribution in [0.15, 0.2) is 4.99 Å². The highest BCUT2D eigenvalue weighted by molar-refractivity contribution is 5.86. The fraction of sp³-hybridized carbons (Fsp3) is 0.867. The molecule has 0 saturated carbocycles. The summed E-state index contributed by atoms with van der Waals surface area (Å²) in [6, 6.07) is 0.175. The van der Waals surface area contributed by atoms with Gasteiger partial charge >= 0.3 is 0 Å². The number of aliphatic imine (C=N–C) groups is 1. The highest BCUT2D eigenvalue weighted by atomic mass is 16.2. The van der Waals surface area contributed by atoms with E-state index in [0.29, 0.717) is 0 Å². The molecule has 1 rings (SSSR count). The van der Waals surface area contributed by atoms with E-state index < -0.39 is 0 Å². The number of carbonyl (C=O) groups excluding carboxylic acids is 1. The fourth-order valence-corrected chi connectivity index (χ4v) is 2.75. The predicted molar refractivity (Wildman–Crippen MR) is 83.8 cm³/mol. The van der Waals surface area contributed by atoms with E-state index in [1.807, 2.05) is 13.8 Å². The molecule has 0 aromatic rings. The molecule has 116 valence electrons.